The highest BCUT2D eigenvalue weighted by atomic mass is 16.5. The largest absolute Gasteiger partial charge is 0.465 e. The number of Topliss-reactive ketones (excluding diaryl/α,β-unsaturated/α-hetero) is 1. The third-order valence-corrected chi connectivity index (χ3v) is 4.64. The van der Waals surface area contributed by atoms with Gasteiger partial charge in [-0.15, -0.1) is 0 Å². The van der Waals surface area contributed by atoms with E-state index >= 15 is 0 Å². The van der Waals surface area contributed by atoms with E-state index in [0.29, 0.717) is 23.7 Å². The second-order valence-corrected chi connectivity index (χ2v) is 6.52. The van der Waals surface area contributed by atoms with Gasteiger partial charge in [-0.2, -0.15) is 4.99 Å². The van der Waals surface area contributed by atoms with Crippen molar-refractivity contribution < 1.29 is 19.1 Å². The van der Waals surface area contributed by atoms with Crippen LogP contribution in [0.3, 0.4) is 0 Å². The van der Waals surface area contributed by atoms with Gasteiger partial charge in [-0.3, -0.25) is 9.59 Å². The van der Waals surface area contributed by atoms with Gasteiger partial charge in [-0.1, -0.05) is 25.5 Å². The van der Waals surface area contributed by atoms with E-state index in [1.54, 1.807) is 6.92 Å². The quantitative estimate of drug-likeness (QED) is 0.801. The average molecular weight is 330 g/mol. The Morgan fingerprint density at radius 2 is 2.17 bits per heavy atom. The van der Waals surface area contributed by atoms with Gasteiger partial charge in [0.2, 0.25) is 5.88 Å². The lowest BCUT2D eigenvalue weighted by atomic mass is 9.79. The van der Waals surface area contributed by atoms with Crippen molar-refractivity contribution in [1.82, 2.24) is 0 Å². The average Bonchev–Trinajstić information content (AvgIpc) is 2.54. The molecule has 128 valence electrons. The Balaban J connectivity index is 1.89. The van der Waals surface area contributed by atoms with Crippen molar-refractivity contribution in [1.29, 1.82) is 0 Å². The summed E-state index contributed by atoms with van der Waals surface area (Å²) in [6, 6.07) is 0. The number of hydrogen-bond donors (Lipinski definition) is 1. The maximum Gasteiger partial charge on any atom is 0.316 e. The highest BCUT2D eigenvalue weighted by Crippen LogP contribution is 2.41. The maximum atomic E-state index is 12.9. The standard InChI is InChI=1S/C18H22N2O4/c1-4-23-18(22)13-8-12-15(21)11-7-10(9(2)3)5-6-14(11)24-17(12)20-16(13)19/h5-6,9,11,13H,4,7-8H2,1-3H3,(H2,19,20)/t11-,13-/m0/s1. The van der Waals surface area contributed by atoms with E-state index in [9.17, 15) is 9.59 Å². The van der Waals surface area contributed by atoms with E-state index in [0.717, 1.165) is 0 Å². The van der Waals surface area contributed by atoms with Gasteiger partial charge in [0.25, 0.3) is 0 Å². The molecule has 1 aliphatic carbocycles. The SMILES string of the molecule is CCOC(=O)[C@H]1CC2=C(N=C1N)OC1=CC=C(C(C)C)C[C@@H]1C2=O. The van der Waals surface area contributed by atoms with Gasteiger partial charge in [0.1, 0.15) is 17.5 Å². The van der Waals surface area contributed by atoms with Gasteiger partial charge >= 0.3 is 5.97 Å². The van der Waals surface area contributed by atoms with Gasteiger partial charge < -0.3 is 15.2 Å². The molecule has 6 nitrogen and oxygen atoms in total. The molecule has 2 aliphatic heterocycles. The fourth-order valence-electron chi connectivity index (χ4n) is 3.18. The van der Waals surface area contributed by atoms with Gasteiger partial charge in [-0.05, 0) is 25.3 Å². The summed E-state index contributed by atoms with van der Waals surface area (Å²) in [4.78, 5) is 29.1. The Morgan fingerprint density at radius 1 is 1.42 bits per heavy atom. The van der Waals surface area contributed by atoms with Crippen molar-refractivity contribution in [2.75, 3.05) is 6.61 Å². The fraction of sp³-hybridized carbons (Fsp3) is 0.500. The molecule has 0 saturated carbocycles. The van der Waals surface area contributed by atoms with Gasteiger partial charge in [0.15, 0.2) is 5.78 Å². The molecular formula is C18H22N2O4. The highest BCUT2D eigenvalue weighted by Gasteiger charge is 2.42. The number of fused-ring (bicyclic) bond motifs is 1. The van der Waals surface area contributed by atoms with Crippen LogP contribution in [0.15, 0.2) is 39.9 Å². The number of ether oxygens (including phenoxy) is 2. The summed E-state index contributed by atoms with van der Waals surface area (Å²) in [5.41, 5.74) is 7.54. The molecule has 2 heterocycles. The summed E-state index contributed by atoms with van der Waals surface area (Å²) in [5.74, 6) is -0.193. The predicted molar refractivity (Wildman–Crippen MR) is 88.6 cm³/mol. The molecule has 0 aromatic heterocycles. The van der Waals surface area contributed by atoms with E-state index in [1.807, 2.05) is 12.2 Å². The Labute approximate surface area is 141 Å². The second kappa shape index (κ2) is 6.26. The summed E-state index contributed by atoms with van der Waals surface area (Å²) in [5, 5.41) is 0. The van der Waals surface area contributed by atoms with E-state index < -0.39 is 11.9 Å². The first-order valence-corrected chi connectivity index (χ1v) is 8.28. The topological polar surface area (TPSA) is 91.0 Å². The third kappa shape index (κ3) is 2.77. The molecule has 0 radical (unpaired) electrons. The number of allylic oxidation sites excluding steroid dienone is 5. The number of hydrogen-bond acceptors (Lipinski definition) is 6. The minimum absolute atomic E-state index is 0.0284. The molecule has 0 aromatic carbocycles. The van der Waals surface area contributed by atoms with Crippen LogP contribution in [0.25, 0.3) is 0 Å². The van der Waals surface area contributed by atoms with Crippen molar-refractivity contribution in [3.05, 3.63) is 34.9 Å². The van der Waals surface area contributed by atoms with E-state index in [1.165, 1.54) is 5.57 Å². The molecule has 0 amide bonds. The maximum absolute atomic E-state index is 12.9. The zero-order valence-corrected chi connectivity index (χ0v) is 14.2. The van der Waals surface area contributed by atoms with Gasteiger partial charge in [0.05, 0.1) is 18.1 Å². The zero-order valence-electron chi connectivity index (χ0n) is 14.2. The number of carbonyl (C=O) groups excluding carboxylic acids is 2. The van der Waals surface area contributed by atoms with Crippen molar-refractivity contribution in [3.63, 3.8) is 0 Å². The van der Waals surface area contributed by atoms with Crippen LogP contribution in [0.4, 0.5) is 0 Å². The number of nitrogens with two attached hydrogens (primary N) is 1. The van der Waals surface area contributed by atoms with Crippen LogP contribution in [-0.2, 0) is 19.1 Å². The third-order valence-electron chi connectivity index (χ3n) is 4.64. The second-order valence-electron chi connectivity index (χ2n) is 6.52. The monoisotopic (exact) mass is 330 g/mol. The molecule has 24 heavy (non-hydrogen) atoms. The lowest BCUT2D eigenvalue weighted by Crippen LogP contribution is -2.39. The minimum atomic E-state index is -0.717. The Morgan fingerprint density at radius 3 is 2.83 bits per heavy atom. The zero-order chi connectivity index (χ0) is 17.4. The summed E-state index contributed by atoms with van der Waals surface area (Å²) < 4.78 is 10.8. The van der Waals surface area contributed by atoms with Crippen LogP contribution >= 0.6 is 0 Å². The Bertz CT molecular complexity index is 713. The molecule has 3 rings (SSSR count). The fourth-order valence-corrected chi connectivity index (χ4v) is 3.18. The molecule has 2 N–H and O–H groups in total. The molecule has 0 spiro atoms. The van der Waals surface area contributed by atoms with Crippen LogP contribution < -0.4 is 5.73 Å². The number of aliphatic imine (C=N–C) groups is 1. The smallest absolute Gasteiger partial charge is 0.316 e. The van der Waals surface area contributed by atoms with Crippen molar-refractivity contribution in [3.8, 4) is 0 Å². The highest BCUT2D eigenvalue weighted by molar-refractivity contribution is 6.07. The summed E-state index contributed by atoms with van der Waals surface area (Å²) >= 11 is 0. The molecule has 0 aromatic rings. The Hall–Kier alpha value is -2.37. The molecule has 0 unspecified atom stereocenters. The summed E-state index contributed by atoms with van der Waals surface area (Å²) in [6.07, 6.45) is 4.68. The number of amidine groups is 1. The van der Waals surface area contributed by atoms with Crippen LogP contribution in [-0.4, -0.2) is 24.2 Å². The lowest BCUT2D eigenvalue weighted by molar-refractivity contribution is -0.145. The van der Waals surface area contributed by atoms with Crippen LogP contribution in [0.5, 0.6) is 0 Å². The van der Waals surface area contributed by atoms with Crippen molar-refractivity contribution >= 4 is 17.6 Å². The Kier molecular flexibility index (Phi) is 4.30. The van der Waals surface area contributed by atoms with Gasteiger partial charge in [0, 0.05) is 6.42 Å². The van der Waals surface area contributed by atoms with Gasteiger partial charge in [-0.25, -0.2) is 0 Å². The number of rotatable bonds is 3. The van der Waals surface area contributed by atoms with Crippen LogP contribution in [0.2, 0.25) is 0 Å². The summed E-state index contributed by atoms with van der Waals surface area (Å²) in [6.45, 7) is 6.20. The molecule has 2 atom stereocenters. The summed E-state index contributed by atoms with van der Waals surface area (Å²) in [7, 11) is 0. The van der Waals surface area contributed by atoms with E-state index in [2.05, 4.69) is 18.8 Å². The van der Waals surface area contributed by atoms with E-state index in [-0.39, 0.29) is 36.4 Å². The first-order valence-electron chi connectivity index (χ1n) is 8.28. The van der Waals surface area contributed by atoms with Crippen LogP contribution in [0.1, 0.15) is 33.6 Å². The molecule has 0 fully saturated rings. The number of carbonyl (C=O) groups is 2. The van der Waals surface area contributed by atoms with Crippen molar-refractivity contribution in [2.24, 2.45) is 28.5 Å². The lowest BCUT2D eigenvalue weighted by Gasteiger charge is -2.33. The molecule has 6 heteroatoms. The first kappa shape index (κ1) is 16.5. The van der Waals surface area contributed by atoms with Crippen molar-refractivity contribution in [2.45, 2.75) is 33.6 Å². The number of esters is 1. The van der Waals surface area contributed by atoms with E-state index in [4.69, 9.17) is 15.2 Å². The molecule has 0 bridgehead atoms. The molecular weight excluding hydrogens is 308 g/mol. The van der Waals surface area contributed by atoms with Crippen LogP contribution in [0, 0.1) is 17.8 Å². The number of ketones is 1. The molecule has 0 saturated heterocycles. The minimum Gasteiger partial charge on any atom is -0.465 e. The molecule has 3 aliphatic rings. The number of nitrogens with zero attached hydrogens (tertiary/aromatic N) is 1. The first-order chi connectivity index (χ1) is 11.4. The predicted octanol–water partition coefficient (Wildman–Crippen LogP) is 2.22. The normalized spacial score (nSPS) is 26.0.